The third-order valence-corrected chi connectivity index (χ3v) is 4.64. The van der Waals surface area contributed by atoms with Crippen LogP contribution in [0, 0.1) is 5.41 Å². The standard InChI is InChI=1S/C11H22N2O4S/c1-11(2,10(14)15)8-12-9-4-6-13(7-5-9)18(3,16)17/h9,12H,4-8H2,1-3H3,(H,14,15). The molecule has 1 aliphatic rings. The van der Waals surface area contributed by atoms with E-state index < -0.39 is 21.4 Å². The summed E-state index contributed by atoms with van der Waals surface area (Å²) in [4.78, 5) is 10.9. The summed E-state index contributed by atoms with van der Waals surface area (Å²) in [6.45, 7) is 4.75. The van der Waals surface area contributed by atoms with Crippen LogP contribution >= 0.6 is 0 Å². The zero-order valence-electron chi connectivity index (χ0n) is 11.1. The SMILES string of the molecule is CC(C)(CNC1CCN(S(C)(=O)=O)CC1)C(=O)O. The summed E-state index contributed by atoms with van der Waals surface area (Å²) >= 11 is 0. The normalized spacial score (nSPS) is 19.9. The Morgan fingerprint density at radius 3 is 2.28 bits per heavy atom. The molecule has 2 N–H and O–H groups in total. The van der Waals surface area contributed by atoms with E-state index in [9.17, 15) is 13.2 Å². The Hall–Kier alpha value is -0.660. The largest absolute Gasteiger partial charge is 0.481 e. The Morgan fingerprint density at radius 1 is 1.39 bits per heavy atom. The highest BCUT2D eigenvalue weighted by atomic mass is 32.2. The van der Waals surface area contributed by atoms with E-state index in [-0.39, 0.29) is 6.04 Å². The molecular weight excluding hydrogens is 256 g/mol. The molecule has 0 bridgehead atoms. The first-order valence-corrected chi connectivity index (χ1v) is 7.89. The zero-order valence-corrected chi connectivity index (χ0v) is 12.0. The monoisotopic (exact) mass is 278 g/mol. The fourth-order valence-electron chi connectivity index (χ4n) is 1.87. The highest BCUT2D eigenvalue weighted by Gasteiger charge is 2.30. The molecule has 1 aliphatic heterocycles. The number of hydrogen-bond donors (Lipinski definition) is 2. The fourth-order valence-corrected chi connectivity index (χ4v) is 2.74. The lowest BCUT2D eigenvalue weighted by atomic mass is 9.93. The van der Waals surface area contributed by atoms with Crippen molar-refractivity contribution in [1.29, 1.82) is 0 Å². The second-order valence-electron chi connectivity index (χ2n) is 5.51. The lowest BCUT2D eigenvalue weighted by Gasteiger charge is -2.32. The van der Waals surface area contributed by atoms with Gasteiger partial charge in [-0.05, 0) is 26.7 Å². The lowest BCUT2D eigenvalue weighted by molar-refractivity contribution is -0.146. The molecule has 0 aromatic heterocycles. The van der Waals surface area contributed by atoms with Gasteiger partial charge in [0, 0.05) is 25.7 Å². The number of nitrogens with zero attached hydrogens (tertiary/aromatic N) is 1. The molecule has 0 amide bonds. The van der Waals surface area contributed by atoms with Crippen LogP contribution in [-0.2, 0) is 14.8 Å². The molecular formula is C11H22N2O4S. The molecule has 18 heavy (non-hydrogen) atoms. The highest BCUT2D eigenvalue weighted by Crippen LogP contribution is 2.17. The van der Waals surface area contributed by atoms with Crippen LogP contribution in [0.4, 0.5) is 0 Å². The summed E-state index contributed by atoms with van der Waals surface area (Å²) in [5.74, 6) is -0.830. The van der Waals surface area contributed by atoms with Crippen molar-refractivity contribution in [2.24, 2.45) is 5.41 Å². The molecule has 0 unspecified atom stereocenters. The first kappa shape index (κ1) is 15.4. The van der Waals surface area contributed by atoms with Crippen molar-refractivity contribution in [2.75, 3.05) is 25.9 Å². The topological polar surface area (TPSA) is 86.7 Å². The van der Waals surface area contributed by atoms with Crippen LogP contribution in [0.1, 0.15) is 26.7 Å². The highest BCUT2D eigenvalue weighted by molar-refractivity contribution is 7.88. The first-order valence-electron chi connectivity index (χ1n) is 6.05. The van der Waals surface area contributed by atoms with Gasteiger partial charge < -0.3 is 10.4 Å². The molecule has 1 heterocycles. The van der Waals surface area contributed by atoms with Crippen molar-refractivity contribution in [1.82, 2.24) is 9.62 Å². The van der Waals surface area contributed by atoms with Gasteiger partial charge >= 0.3 is 5.97 Å². The second kappa shape index (κ2) is 5.54. The first-order chi connectivity index (χ1) is 8.13. The van der Waals surface area contributed by atoms with Gasteiger partial charge in [-0.25, -0.2) is 12.7 Å². The van der Waals surface area contributed by atoms with Crippen LogP contribution in [-0.4, -0.2) is 55.7 Å². The van der Waals surface area contributed by atoms with E-state index in [0.29, 0.717) is 19.6 Å². The lowest BCUT2D eigenvalue weighted by Crippen LogP contribution is -2.47. The van der Waals surface area contributed by atoms with Gasteiger partial charge in [-0.2, -0.15) is 0 Å². The molecule has 1 rings (SSSR count). The number of carbonyl (C=O) groups is 1. The number of carboxylic acids is 1. The van der Waals surface area contributed by atoms with Gasteiger partial charge in [-0.3, -0.25) is 4.79 Å². The summed E-state index contributed by atoms with van der Waals surface area (Å²) in [5.41, 5.74) is -0.798. The van der Waals surface area contributed by atoms with E-state index in [1.54, 1.807) is 13.8 Å². The molecule has 0 aromatic rings. The van der Waals surface area contributed by atoms with Crippen molar-refractivity contribution < 1.29 is 18.3 Å². The van der Waals surface area contributed by atoms with Crippen LogP contribution in [0.5, 0.6) is 0 Å². The summed E-state index contributed by atoms with van der Waals surface area (Å²) in [7, 11) is -3.09. The number of sulfonamides is 1. The summed E-state index contributed by atoms with van der Waals surface area (Å²) in [6, 6.07) is 0.196. The smallest absolute Gasteiger partial charge is 0.310 e. The molecule has 6 nitrogen and oxygen atoms in total. The molecule has 0 spiro atoms. The Kier molecular flexibility index (Phi) is 4.74. The molecule has 0 saturated carbocycles. The average Bonchev–Trinajstić information content (AvgIpc) is 2.25. The Balaban J connectivity index is 2.39. The van der Waals surface area contributed by atoms with Gasteiger partial charge in [0.1, 0.15) is 0 Å². The molecule has 106 valence electrons. The summed E-state index contributed by atoms with van der Waals surface area (Å²) < 4.78 is 24.1. The van der Waals surface area contributed by atoms with E-state index in [4.69, 9.17) is 5.11 Å². The van der Waals surface area contributed by atoms with Crippen molar-refractivity contribution >= 4 is 16.0 Å². The van der Waals surface area contributed by atoms with Crippen molar-refractivity contribution in [3.8, 4) is 0 Å². The van der Waals surface area contributed by atoms with E-state index in [1.807, 2.05) is 0 Å². The van der Waals surface area contributed by atoms with Crippen LogP contribution in [0.2, 0.25) is 0 Å². The van der Waals surface area contributed by atoms with Gasteiger partial charge in [-0.15, -0.1) is 0 Å². The minimum absolute atomic E-state index is 0.196. The van der Waals surface area contributed by atoms with Gasteiger partial charge in [-0.1, -0.05) is 0 Å². The Bertz CT molecular complexity index is 397. The summed E-state index contributed by atoms with van der Waals surface area (Å²) in [5, 5.41) is 12.2. The maximum atomic E-state index is 11.3. The number of aliphatic carboxylic acids is 1. The van der Waals surface area contributed by atoms with E-state index in [0.717, 1.165) is 12.8 Å². The van der Waals surface area contributed by atoms with Crippen molar-refractivity contribution in [3.05, 3.63) is 0 Å². The molecule has 0 aliphatic carbocycles. The molecule has 1 saturated heterocycles. The molecule has 0 radical (unpaired) electrons. The Labute approximate surface area is 108 Å². The van der Waals surface area contributed by atoms with E-state index >= 15 is 0 Å². The van der Waals surface area contributed by atoms with Crippen molar-refractivity contribution in [2.45, 2.75) is 32.7 Å². The molecule has 0 atom stereocenters. The Morgan fingerprint density at radius 2 is 1.89 bits per heavy atom. The van der Waals surface area contributed by atoms with Crippen molar-refractivity contribution in [3.63, 3.8) is 0 Å². The fraction of sp³-hybridized carbons (Fsp3) is 0.909. The number of carboxylic acid groups (broad SMARTS) is 1. The van der Waals surface area contributed by atoms with Gasteiger partial charge in [0.25, 0.3) is 0 Å². The third kappa shape index (κ3) is 4.22. The van der Waals surface area contributed by atoms with Crippen LogP contribution in [0.15, 0.2) is 0 Å². The number of nitrogens with one attached hydrogen (secondary N) is 1. The third-order valence-electron chi connectivity index (χ3n) is 3.33. The van der Waals surface area contributed by atoms with Gasteiger partial charge in [0.2, 0.25) is 10.0 Å². The number of piperidine rings is 1. The second-order valence-corrected chi connectivity index (χ2v) is 7.49. The predicted molar refractivity (Wildman–Crippen MR) is 68.9 cm³/mol. The zero-order chi connectivity index (χ0) is 14.0. The minimum atomic E-state index is -3.09. The quantitative estimate of drug-likeness (QED) is 0.745. The maximum Gasteiger partial charge on any atom is 0.310 e. The van der Waals surface area contributed by atoms with E-state index in [1.165, 1.54) is 10.6 Å². The van der Waals surface area contributed by atoms with Gasteiger partial charge in [0.15, 0.2) is 0 Å². The van der Waals surface area contributed by atoms with E-state index in [2.05, 4.69) is 5.32 Å². The minimum Gasteiger partial charge on any atom is -0.481 e. The predicted octanol–water partition coefficient (Wildman–Crippen LogP) is 0.111. The molecule has 7 heteroatoms. The van der Waals surface area contributed by atoms with Crippen LogP contribution in [0.3, 0.4) is 0 Å². The molecule has 0 aromatic carbocycles. The molecule has 1 fully saturated rings. The van der Waals surface area contributed by atoms with Crippen LogP contribution < -0.4 is 5.32 Å². The van der Waals surface area contributed by atoms with Crippen LogP contribution in [0.25, 0.3) is 0 Å². The van der Waals surface area contributed by atoms with Gasteiger partial charge in [0.05, 0.1) is 11.7 Å². The average molecular weight is 278 g/mol. The maximum absolute atomic E-state index is 11.3. The number of rotatable bonds is 5. The summed E-state index contributed by atoms with van der Waals surface area (Å²) in [6.07, 6.45) is 2.67. The number of hydrogen-bond acceptors (Lipinski definition) is 4.